The second-order valence-electron chi connectivity index (χ2n) is 20.8. The molecule has 0 saturated carbocycles. The van der Waals surface area contributed by atoms with Gasteiger partial charge in [0.2, 0.25) is 0 Å². The molecule has 80 heavy (non-hydrogen) atoms. The van der Waals surface area contributed by atoms with Crippen molar-refractivity contribution < 1.29 is 0 Å². The molecule has 0 unspecified atom stereocenters. The minimum Gasteiger partial charge on any atom is -0.311 e. The minimum absolute atomic E-state index is 0.550. The Balaban J connectivity index is 0.824. The molecule has 1 aliphatic carbocycles. The number of benzene rings is 13. The number of para-hydroxylation sites is 2. The highest BCUT2D eigenvalue weighted by molar-refractivity contribution is 6.06. The summed E-state index contributed by atoms with van der Waals surface area (Å²) in [4.78, 5) is 4.78. The lowest BCUT2D eigenvalue weighted by molar-refractivity contribution is 0.768. The van der Waals surface area contributed by atoms with Gasteiger partial charge in [-0.1, -0.05) is 255 Å². The van der Waals surface area contributed by atoms with Crippen LogP contribution in [0, 0.1) is 6.92 Å². The van der Waals surface area contributed by atoms with Gasteiger partial charge < -0.3 is 9.80 Å². The van der Waals surface area contributed by atoms with Gasteiger partial charge >= 0.3 is 0 Å². The van der Waals surface area contributed by atoms with Gasteiger partial charge in [-0.25, -0.2) is 0 Å². The van der Waals surface area contributed by atoms with Gasteiger partial charge in [0.25, 0.3) is 0 Å². The number of hydrogen-bond acceptors (Lipinski definition) is 2. The summed E-state index contributed by atoms with van der Waals surface area (Å²) in [5.74, 6) is 0. The molecule has 0 heterocycles. The molecule has 0 atom stereocenters. The summed E-state index contributed by atoms with van der Waals surface area (Å²) in [6.45, 7) is 2.26. The fraction of sp³-hybridized carbons (Fsp3) is 0.0256. The normalized spacial score (nSPS) is 12.2. The van der Waals surface area contributed by atoms with Crippen molar-refractivity contribution in [3.63, 3.8) is 0 Å². The molecule has 0 aliphatic heterocycles. The molecular weight excluding hydrogens is 965 g/mol. The van der Waals surface area contributed by atoms with E-state index in [0.717, 1.165) is 39.7 Å². The summed E-state index contributed by atoms with van der Waals surface area (Å²) < 4.78 is 0. The van der Waals surface area contributed by atoms with Crippen LogP contribution < -0.4 is 9.80 Å². The summed E-state index contributed by atoms with van der Waals surface area (Å²) in [6.07, 6.45) is 0. The van der Waals surface area contributed by atoms with Gasteiger partial charge in [0, 0.05) is 34.0 Å². The fourth-order valence-corrected chi connectivity index (χ4v) is 12.5. The molecule has 14 rings (SSSR count). The van der Waals surface area contributed by atoms with Crippen molar-refractivity contribution in [3.8, 4) is 55.6 Å². The van der Waals surface area contributed by atoms with Crippen LogP contribution in [0.1, 0.15) is 27.8 Å². The molecular formula is C78H56N2. The first-order valence-electron chi connectivity index (χ1n) is 27.7. The van der Waals surface area contributed by atoms with Crippen molar-refractivity contribution in [2.45, 2.75) is 12.3 Å². The van der Waals surface area contributed by atoms with E-state index in [1.165, 1.54) is 88.7 Å². The topological polar surface area (TPSA) is 6.48 Å². The standard InChI is InChI=1S/C78H56N2/c1-55-20-19-33-73-76(55)72-52-51-70(54-74(72)78(73,64-24-9-3-10-25-64)65-26-11-4-12-27-65)80(75-53-46-62-21-17-18-32-71(62)77(75)63-22-7-2-8-23-63)69-49-44-61(45-50-69)59-40-36-57(37-41-59)56-34-38-58(39-35-56)60-42-47-68(48-43-60)79(66-28-13-5-14-29-66)67-30-15-6-16-31-67/h2-54H,1H3. The van der Waals surface area contributed by atoms with Crippen LogP contribution in [0.15, 0.2) is 322 Å². The number of anilines is 6. The monoisotopic (exact) mass is 1020 g/mol. The third-order valence-corrected chi connectivity index (χ3v) is 16.3. The van der Waals surface area contributed by atoms with Crippen LogP contribution in [-0.4, -0.2) is 0 Å². The summed E-state index contributed by atoms with van der Waals surface area (Å²) in [5.41, 5.74) is 24.5. The molecule has 0 spiro atoms. The predicted octanol–water partition coefficient (Wildman–Crippen LogP) is 21.1. The zero-order valence-corrected chi connectivity index (χ0v) is 44.5. The lowest BCUT2D eigenvalue weighted by Crippen LogP contribution is -2.28. The molecule has 13 aromatic rings. The van der Waals surface area contributed by atoms with Gasteiger partial charge in [0.05, 0.1) is 11.1 Å². The van der Waals surface area contributed by atoms with Crippen molar-refractivity contribution in [3.05, 3.63) is 349 Å². The van der Waals surface area contributed by atoms with E-state index < -0.39 is 5.41 Å². The molecule has 1 aliphatic rings. The summed E-state index contributed by atoms with van der Waals surface area (Å²) in [5, 5.41) is 2.42. The van der Waals surface area contributed by atoms with Crippen LogP contribution in [0.3, 0.4) is 0 Å². The maximum Gasteiger partial charge on any atom is 0.0714 e. The summed E-state index contributed by atoms with van der Waals surface area (Å²) >= 11 is 0. The van der Waals surface area contributed by atoms with Crippen LogP contribution in [-0.2, 0) is 5.41 Å². The first-order valence-corrected chi connectivity index (χ1v) is 27.7. The van der Waals surface area contributed by atoms with E-state index in [1.54, 1.807) is 0 Å². The number of hydrogen-bond donors (Lipinski definition) is 0. The van der Waals surface area contributed by atoms with E-state index in [1.807, 2.05) is 0 Å². The second kappa shape index (κ2) is 20.6. The molecule has 0 N–H and O–H groups in total. The van der Waals surface area contributed by atoms with Crippen molar-refractivity contribution in [1.29, 1.82) is 0 Å². The Bertz CT molecular complexity index is 4210. The Morgan fingerprint density at radius 3 is 1.19 bits per heavy atom. The van der Waals surface area contributed by atoms with E-state index in [-0.39, 0.29) is 0 Å². The van der Waals surface area contributed by atoms with E-state index in [9.17, 15) is 0 Å². The molecule has 2 heteroatoms. The average Bonchev–Trinajstić information content (AvgIpc) is 3.90. The highest BCUT2D eigenvalue weighted by Crippen LogP contribution is 2.58. The summed E-state index contributed by atoms with van der Waals surface area (Å²) in [6, 6.07) is 118. The highest BCUT2D eigenvalue weighted by atomic mass is 15.1. The lowest BCUT2D eigenvalue weighted by Gasteiger charge is -2.35. The molecule has 0 saturated heterocycles. The third kappa shape index (κ3) is 8.46. The summed E-state index contributed by atoms with van der Waals surface area (Å²) in [7, 11) is 0. The second-order valence-corrected chi connectivity index (χ2v) is 20.8. The number of aryl methyl sites for hydroxylation is 1. The van der Waals surface area contributed by atoms with Crippen LogP contribution in [0.25, 0.3) is 66.4 Å². The van der Waals surface area contributed by atoms with Crippen LogP contribution in [0.5, 0.6) is 0 Å². The Kier molecular flexibility index (Phi) is 12.4. The molecule has 13 aromatic carbocycles. The quantitative estimate of drug-likeness (QED) is 0.120. The number of nitrogens with zero attached hydrogens (tertiary/aromatic N) is 2. The Morgan fingerprint density at radius 2 is 0.675 bits per heavy atom. The maximum atomic E-state index is 2.49. The zero-order chi connectivity index (χ0) is 53.4. The average molecular weight is 1020 g/mol. The van der Waals surface area contributed by atoms with Crippen LogP contribution >= 0.6 is 0 Å². The first kappa shape index (κ1) is 48.1. The van der Waals surface area contributed by atoms with Crippen molar-refractivity contribution in [1.82, 2.24) is 0 Å². The number of rotatable bonds is 12. The maximum absolute atomic E-state index is 2.49. The van der Waals surface area contributed by atoms with Crippen molar-refractivity contribution >= 4 is 44.9 Å². The SMILES string of the molecule is Cc1cccc2c1-c1ccc(N(c3ccc(-c4ccc(-c5ccc(-c6ccc(N(c7ccccc7)c7ccccc7)cc6)cc5)cc4)cc3)c3ccc4ccccc4c3-c3ccccc3)cc1C2(c1ccccc1)c1ccccc1. The molecule has 0 aromatic heterocycles. The molecule has 0 amide bonds. The van der Waals surface area contributed by atoms with Crippen LogP contribution in [0.2, 0.25) is 0 Å². The highest BCUT2D eigenvalue weighted by Gasteiger charge is 2.47. The van der Waals surface area contributed by atoms with E-state index in [4.69, 9.17) is 0 Å². The van der Waals surface area contributed by atoms with Gasteiger partial charge in [-0.15, -0.1) is 0 Å². The van der Waals surface area contributed by atoms with Crippen LogP contribution in [0.4, 0.5) is 34.1 Å². The molecule has 0 fully saturated rings. The third-order valence-electron chi connectivity index (χ3n) is 16.3. The van der Waals surface area contributed by atoms with Gasteiger partial charge in [-0.3, -0.25) is 0 Å². The van der Waals surface area contributed by atoms with E-state index in [0.29, 0.717) is 0 Å². The number of fused-ring (bicyclic) bond motifs is 4. The van der Waals surface area contributed by atoms with Crippen molar-refractivity contribution in [2.24, 2.45) is 0 Å². The Hall–Kier alpha value is -10.3. The lowest BCUT2D eigenvalue weighted by atomic mass is 9.67. The Labute approximate surface area is 469 Å². The van der Waals surface area contributed by atoms with Gasteiger partial charge in [0.1, 0.15) is 0 Å². The first-order chi connectivity index (χ1) is 39.6. The van der Waals surface area contributed by atoms with E-state index in [2.05, 4.69) is 338 Å². The largest absolute Gasteiger partial charge is 0.311 e. The molecule has 378 valence electrons. The predicted molar refractivity (Wildman–Crippen MR) is 337 cm³/mol. The fourth-order valence-electron chi connectivity index (χ4n) is 12.5. The minimum atomic E-state index is -0.550. The smallest absolute Gasteiger partial charge is 0.0714 e. The zero-order valence-electron chi connectivity index (χ0n) is 44.5. The van der Waals surface area contributed by atoms with E-state index >= 15 is 0 Å². The molecule has 2 nitrogen and oxygen atoms in total. The van der Waals surface area contributed by atoms with Gasteiger partial charge in [0.15, 0.2) is 0 Å². The van der Waals surface area contributed by atoms with Gasteiger partial charge in [-0.05, 0) is 162 Å². The van der Waals surface area contributed by atoms with Crippen molar-refractivity contribution in [2.75, 3.05) is 9.80 Å². The Morgan fingerprint density at radius 1 is 0.263 bits per heavy atom. The molecule has 0 radical (unpaired) electrons. The van der Waals surface area contributed by atoms with Gasteiger partial charge in [-0.2, -0.15) is 0 Å². The molecule has 0 bridgehead atoms.